The molecule has 1 aromatic rings. The van der Waals surface area contributed by atoms with Crippen LogP contribution in [0.2, 0.25) is 0 Å². The number of carbonyl (C=O) groups excluding carboxylic acids is 1. The Morgan fingerprint density at radius 3 is 2.26 bits per heavy atom. The number of rotatable bonds is 5. The smallest absolute Gasteiger partial charge is 0.225 e. The Hall–Kier alpha value is -1.26. The van der Waals surface area contributed by atoms with E-state index >= 15 is 0 Å². The Balaban J connectivity index is 0.00000324. The number of hydrogen-bond donors (Lipinski definition) is 2. The largest absolute Gasteiger partial charge is 0.488 e. The lowest BCUT2D eigenvalue weighted by Crippen LogP contribution is -2.23. The molecular weight excluding hydrogens is 264 g/mol. The maximum absolute atomic E-state index is 11.5. The Bertz CT molecular complexity index is 385. The molecule has 0 radical (unpaired) electrons. The van der Waals surface area contributed by atoms with Crippen molar-refractivity contribution in [1.29, 1.82) is 0 Å². The van der Waals surface area contributed by atoms with E-state index in [2.05, 4.69) is 10.6 Å². The molecule has 0 saturated carbocycles. The molecule has 0 unspecified atom stereocenters. The topological polar surface area (TPSA) is 50.4 Å². The third-order valence-electron chi connectivity index (χ3n) is 2.16. The molecule has 0 saturated heterocycles. The molecule has 1 aromatic carbocycles. The van der Waals surface area contributed by atoms with Crippen LogP contribution < -0.4 is 15.4 Å². The van der Waals surface area contributed by atoms with Crippen molar-refractivity contribution in [2.75, 3.05) is 18.9 Å². The summed E-state index contributed by atoms with van der Waals surface area (Å²) < 4.78 is 5.70. The number of ether oxygens (including phenoxy) is 1. The van der Waals surface area contributed by atoms with Crippen molar-refractivity contribution >= 4 is 24.0 Å². The number of anilines is 1. The Morgan fingerprint density at radius 1 is 1.21 bits per heavy atom. The van der Waals surface area contributed by atoms with Crippen LogP contribution in [0.1, 0.15) is 27.2 Å². The van der Waals surface area contributed by atoms with Crippen LogP contribution in [0.4, 0.5) is 5.69 Å². The number of hydrogen-bond acceptors (Lipinski definition) is 3. The summed E-state index contributed by atoms with van der Waals surface area (Å²) in [7, 11) is 1.83. The molecule has 0 aromatic heterocycles. The van der Waals surface area contributed by atoms with Gasteiger partial charge in [-0.1, -0.05) is 0 Å². The normalized spacial score (nSPS) is 10.5. The number of carbonyl (C=O) groups is 1. The molecule has 5 heteroatoms. The van der Waals surface area contributed by atoms with Crippen LogP contribution in [-0.2, 0) is 4.79 Å². The van der Waals surface area contributed by atoms with E-state index in [1.165, 1.54) is 0 Å². The average Bonchev–Trinajstić information content (AvgIpc) is 2.27. The van der Waals surface area contributed by atoms with Crippen LogP contribution in [-0.4, -0.2) is 25.1 Å². The van der Waals surface area contributed by atoms with Crippen LogP contribution in [0.3, 0.4) is 0 Å². The molecule has 19 heavy (non-hydrogen) atoms. The van der Waals surface area contributed by atoms with E-state index in [1.54, 1.807) is 0 Å². The zero-order valence-corrected chi connectivity index (χ0v) is 12.8. The first-order valence-corrected chi connectivity index (χ1v) is 6.14. The second-order valence-corrected chi connectivity index (χ2v) is 5.14. The molecule has 0 aliphatic rings. The van der Waals surface area contributed by atoms with Crippen molar-refractivity contribution in [2.45, 2.75) is 32.8 Å². The second kappa shape index (κ2) is 8.02. The van der Waals surface area contributed by atoms with Crippen molar-refractivity contribution in [3.63, 3.8) is 0 Å². The summed E-state index contributed by atoms with van der Waals surface area (Å²) in [6.45, 7) is 6.68. The van der Waals surface area contributed by atoms with Crippen LogP contribution in [0.15, 0.2) is 24.3 Å². The molecule has 0 bridgehead atoms. The first-order valence-electron chi connectivity index (χ1n) is 6.14. The number of nitrogens with one attached hydrogen (secondary N) is 2. The van der Waals surface area contributed by atoms with Crippen molar-refractivity contribution in [2.24, 2.45) is 0 Å². The van der Waals surface area contributed by atoms with Gasteiger partial charge in [-0.05, 0) is 52.1 Å². The highest BCUT2D eigenvalue weighted by Crippen LogP contribution is 2.20. The third kappa shape index (κ3) is 7.70. The fourth-order valence-corrected chi connectivity index (χ4v) is 1.42. The van der Waals surface area contributed by atoms with Gasteiger partial charge >= 0.3 is 0 Å². The minimum Gasteiger partial charge on any atom is -0.488 e. The quantitative estimate of drug-likeness (QED) is 0.875. The van der Waals surface area contributed by atoms with Gasteiger partial charge in [0.15, 0.2) is 0 Å². The zero-order valence-electron chi connectivity index (χ0n) is 11.9. The Kier molecular flexibility index (Phi) is 7.49. The van der Waals surface area contributed by atoms with Gasteiger partial charge in [-0.25, -0.2) is 0 Å². The van der Waals surface area contributed by atoms with E-state index in [4.69, 9.17) is 4.74 Å². The highest BCUT2D eigenvalue weighted by molar-refractivity contribution is 5.90. The van der Waals surface area contributed by atoms with Crippen molar-refractivity contribution in [1.82, 2.24) is 5.32 Å². The van der Waals surface area contributed by atoms with Gasteiger partial charge in [0, 0.05) is 18.7 Å². The first kappa shape index (κ1) is 17.7. The predicted molar refractivity (Wildman–Crippen MR) is 81.2 cm³/mol. The molecule has 0 spiro atoms. The van der Waals surface area contributed by atoms with Gasteiger partial charge in [-0.3, -0.25) is 4.79 Å². The van der Waals surface area contributed by atoms with Gasteiger partial charge < -0.3 is 15.4 Å². The summed E-state index contributed by atoms with van der Waals surface area (Å²) in [6, 6.07) is 7.41. The second-order valence-electron chi connectivity index (χ2n) is 5.14. The van der Waals surface area contributed by atoms with Crippen LogP contribution in [0, 0.1) is 0 Å². The van der Waals surface area contributed by atoms with Gasteiger partial charge in [0.1, 0.15) is 11.4 Å². The highest BCUT2D eigenvalue weighted by atomic mass is 35.5. The molecule has 0 aliphatic heterocycles. The lowest BCUT2D eigenvalue weighted by atomic mass is 10.2. The molecule has 0 heterocycles. The zero-order chi connectivity index (χ0) is 13.6. The lowest BCUT2D eigenvalue weighted by molar-refractivity contribution is -0.116. The SMILES string of the molecule is CNCCC(=O)Nc1ccc(OC(C)(C)C)cc1.Cl. The maximum atomic E-state index is 11.5. The van der Waals surface area contributed by atoms with E-state index in [-0.39, 0.29) is 23.9 Å². The molecule has 4 nitrogen and oxygen atoms in total. The minimum absolute atomic E-state index is 0. The molecule has 1 rings (SSSR count). The first-order chi connectivity index (χ1) is 8.40. The number of benzene rings is 1. The minimum atomic E-state index is -0.211. The summed E-state index contributed by atoms with van der Waals surface area (Å²) in [5.41, 5.74) is 0.578. The molecule has 0 fully saturated rings. The summed E-state index contributed by atoms with van der Waals surface area (Å²) >= 11 is 0. The summed E-state index contributed by atoms with van der Waals surface area (Å²) in [5, 5.41) is 5.77. The fourth-order valence-electron chi connectivity index (χ4n) is 1.42. The van der Waals surface area contributed by atoms with Gasteiger partial charge in [-0.15, -0.1) is 12.4 Å². The average molecular weight is 287 g/mol. The number of amides is 1. The molecule has 1 amide bonds. The standard InChI is InChI=1S/C14H22N2O2.ClH/c1-14(2,3)18-12-7-5-11(6-8-12)16-13(17)9-10-15-4;/h5-8,15H,9-10H2,1-4H3,(H,16,17);1H. The lowest BCUT2D eigenvalue weighted by Gasteiger charge is -2.21. The van der Waals surface area contributed by atoms with Crippen molar-refractivity contribution < 1.29 is 9.53 Å². The summed E-state index contributed by atoms with van der Waals surface area (Å²) in [4.78, 5) is 11.5. The summed E-state index contributed by atoms with van der Waals surface area (Å²) in [6.07, 6.45) is 0.469. The molecular formula is C14H23ClN2O2. The van der Waals surface area contributed by atoms with E-state index < -0.39 is 0 Å². The Labute approximate surface area is 121 Å². The van der Waals surface area contributed by atoms with Gasteiger partial charge in [0.2, 0.25) is 5.91 Å². The van der Waals surface area contributed by atoms with Crippen LogP contribution in [0.5, 0.6) is 5.75 Å². The number of halogens is 1. The maximum Gasteiger partial charge on any atom is 0.225 e. The Morgan fingerprint density at radius 2 is 1.79 bits per heavy atom. The van der Waals surface area contributed by atoms with E-state index in [9.17, 15) is 4.79 Å². The van der Waals surface area contributed by atoms with Gasteiger partial charge in [-0.2, -0.15) is 0 Å². The van der Waals surface area contributed by atoms with E-state index in [0.29, 0.717) is 13.0 Å². The third-order valence-corrected chi connectivity index (χ3v) is 2.16. The monoisotopic (exact) mass is 286 g/mol. The molecule has 0 aliphatic carbocycles. The molecule has 108 valence electrons. The fraction of sp³-hybridized carbons (Fsp3) is 0.500. The van der Waals surface area contributed by atoms with Crippen molar-refractivity contribution in [3.8, 4) is 5.75 Å². The predicted octanol–water partition coefficient (Wildman–Crippen LogP) is 2.83. The van der Waals surface area contributed by atoms with Gasteiger partial charge in [0.05, 0.1) is 0 Å². The van der Waals surface area contributed by atoms with E-state index in [1.807, 2.05) is 52.1 Å². The van der Waals surface area contributed by atoms with Crippen LogP contribution in [0.25, 0.3) is 0 Å². The van der Waals surface area contributed by atoms with Crippen LogP contribution >= 0.6 is 12.4 Å². The summed E-state index contributed by atoms with van der Waals surface area (Å²) in [5.74, 6) is 0.810. The molecule has 2 N–H and O–H groups in total. The van der Waals surface area contributed by atoms with E-state index in [0.717, 1.165) is 11.4 Å². The van der Waals surface area contributed by atoms with Crippen molar-refractivity contribution in [3.05, 3.63) is 24.3 Å². The highest BCUT2D eigenvalue weighted by Gasteiger charge is 2.11. The van der Waals surface area contributed by atoms with Gasteiger partial charge in [0.25, 0.3) is 0 Å². The molecule has 0 atom stereocenters.